The summed E-state index contributed by atoms with van der Waals surface area (Å²) in [7, 11) is 0. The minimum absolute atomic E-state index is 0.135. The van der Waals surface area contributed by atoms with E-state index in [1.165, 1.54) is 6.92 Å². The minimum Gasteiger partial charge on any atom is -0.464 e. The highest BCUT2D eigenvalue weighted by molar-refractivity contribution is 5.74. The summed E-state index contributed by atoms with van der Waals surface area (Å²) in [6.07, 6.45) is -13.2. The van der Waals surface area contributed by atoms with Gasteiger partial charge in [-0.1, -0.05) is 0 Å². The summed E-state index contributed by atoms with van der Waals surface area (Å²) in [5.74, 6) is -1.28. The standard InChI is InChI=1S/C7H9F5O3/c1-3-14-5(13)4(2)15-7(11,12)6(8,9)10/h4H,3H2,1-2H3. The first-order chi connectivity index (χ1) is 6.62. The Balaban J connectivity index is 4.40. The number of esters is 1. The fraction of sp³-hybridized carbons (Fsp3) is 0.857. The smallest absolute Gasteiger partial charge is 0.464 e. The minimum atomic E-state index is -5.85. The molecule has 0 amide bonds. The Morgan fingerprint density at radius 2 is 1.73 bits per heavy atom. The normalized spacial score (nSPS) is 14.9. The van der Waals surface area contributed by atoms with Crippen molar-refractivity contribution in [1.82, 2.24) is 0 Å². The van der Waals surface area contributed by atoms with Crippen molar-refractivity contribution >= 4 is 5.97 Å². The Hall–Kier alpha value is -0.920. The average molecular weight is 236 g/mol. The van der Waals surface area contributed by atoms with Crippen molar-refractivity contribution in [2.24, 2.45) is 0 Å². The van der Waals surface area contributed by atoms with Crippen molar-refractivity contribution in [2.45, 2.75) is 32.2 Å². The number of ether oxygens (including phenoxy) is 2. The molecule has 0 aromatic carbocycles. The van der Waals surface area contributed by atoms with Gasteiger partial charge < -0.3 is 4.74 Å². The Morgan fingerprint density at radius 3 is 2.07 bits per heavy atom. The lowest BCUT2D eigenvalue weighted by atomic mass is 10.4. The molecular weight excluding hydrogens is 227 g/mol. The maximum atomic E-state index is 12.2. The molecule has 0 spiro atoms. The molecule has 0 aromatic rings. The van der Waals surface area contributed by atoms with Crippen LogP contribution in [0.1, 0.15) is 13.8 Å². The van der Waals surface area contributed by atoms with Gasteiger partial charge in [0.2, 0.25) is 0 Å². The molecule has 0 radical (unpaired) electrons. The number of halogens is 5. The largest absolute Gasteiger partial charge is 0.482 e. The van der Waals surface area contributed by atoms with Gasteiger partial charge in [-0.3, -0.25) is 4.74 Å². The third-order valence-electron chi connectivity index (χ3n) is 1.27. The second-order valence-electron chi connectivity index (χ2n) is 2.53. The Bertz CT molecular complexity index is 225. The summed E-state index contributed by atoms with van der Waals surface area (Å²) in [5, 5.41) is 0. The molecule has 0 aliphatic carbocycles. The predicted molar refractivity (Wildman–Crippen MR) is 38.2 cm³/mol. The van der Waals surface area contributed by atoms with E-state index in [1.54, 1.807) is 0 Å². The van der Waals surface area contributed by atoms with Gasteiger partial charge in [-0.15, -0.1) is 0 Å². The number of alkyl halides is 5. The summed E-state index contributed by atoms with van der Waals surface area (Å²) < 4.78 is 66.8. The maximum Gasteiger partial charge on any atom is 0.482 e. The molecule has 0 saturated carbocycles. The molecule has 0 saturated heterocycles. The van der Waals surface area contributed by atoms with E-state index < -0.39 is 24.4 Å². The Morgan fingerprint density at radius 1 is 1.27 bits per heavy atom. The highest BCUT2D eigenvalue weighted by Crippen LogP contribution is 2.37. The highest BCUT2D eigenvalue weighted by Gasteiger charge is 2.60. The molecule has 3 nitrogen and oxygen atoms in total. The van der Waals surface area contributed by atoms with Gasteiger partial charge in [-0.25, -0.2) is 4.79 Å². The molecule has 8 heteroatoms. The van der Waals surface area contributed by atoms with Gasteiger partial charge in [0, 0.05) is 0 Å². The van der Waals surface area contributed by atoms with Gasteiger partial charge in [0.15, 0.2) is 6.10 Å². The van der Waals surface area contributed by atoms with Crippen molar-refractivity contribution in [3.63, 3.8) is 0 Å². The van der Waals surface area contributed by atoms with E-state index in [0.29, 0.717) is 0 Å². The van der Waals surface area contributed by atoms with Crippen LogP contribution in [0.25, 0.3) is 0 Å². The zero-order chi connectivity index (χ0) is 12.3. The average Bonchev–Trinajstić information content (AvgIpc) is 2.01. The molecule has 0 bridgehead atoms. The quantitative estimate of drug-likeness (QED) is 0.554. The fourth-order valence-electron chi connectivity index (χ4n) is 0.597. The molecule has 0 heterocycles. The van der Waals surface area contributed by atoms with Gasteiger partial charge in [0.1, 0.15) is 0 Å². The first kappa shape index (κ1) is 14.1. The van der Waals surface area contributed by atoms with Gasteiger partial charge >= 0.3 is 18.3 Å². The molecule has 0 rings (SSSR count). The summed E-state index contributed by atoms with van der Waals surface area (Å²) in [4.78, 5) is 10.7. The molecular formula is C7H9F5O3. The molecule has 0 fully saturated rings. The number of carbonyl (C=O) groups excluding carboxylic acids is 1. The SMILES string of the molecule is CCOC(=O)C(C)OC(F)(F)C(F)(F)F. The summed E-state index contributed by atoms with van der Waals surface area (Å²) in [5.41, 5.74) is 0. The number of hydrogen-bond acceptors (Lipinski definition) is 3. The van der Waals surface area contributed by atoms with Crippen molar-refractivity contribution in [1.29, 1.82) is 0 Å². The first-order valence-corrected chi connectivity index (χ1v) is 3.90. The van der Waals surface area contributed by atoms with Crippen LogP contribution in [0.3, 0.4) is 0 Å². The maximum absolute atomic E-state index is 12.2. The van der Waals surface area contributed by atoms with Crippen LogP contribution in [0.15, 0.2) is 0 Å². The zero-order valence-corrected chi connectivity index (χ0v) is 7.90. The van der Waals surface area contributed by atoms with Crippen LogP contribution in [0.4, 0.5) is 22.0 Å². The monoisotopic (exact) mass is 236 g/mol. The molecule has 0 aliphatic heterocycles. The van der Waals surface area contributed by atoms with E-state index in [1.807, 2.05) is 0 Å². The summed E-state index contributed by atoms with van der Waals surface area (Å²) >= 11 is 0. The van der Waals surface area contributed by atoms with Crippen LogP contribution in [0.2, 0.25) is 0 Å². The van der Waals surface area contributed by atoms with Crippen LogP contribution in [-0.2, 0) is 14.3 Å². The van der Waals surface area contributed by atoms with Crippen molar-refractivity contribution in [3.05, 3.63) is 0 Å². The van der Waals surface area contributed by atoms with E-state index in [-0.39, 0.29) is 6.61 Å². The zero-order valence-electron chi connectivity index (χ0n) is 7.90. The van der Waals surface area contributed by atoms with E-state index in [4.69, 9.17) is 0 Å². The topological polar surface area (TPSA) is 35.5 Å². The Kier molecular flexibility index (Phi) is 4.44. The van der Waals surface area contributed by atoms with E-state index >= 15 is 0 Å². The highest BCUT2D eigenvalue weighted by atomic mass is 19.4. The van der Waals surface area contributed by atoms with Crippen molar-refractivity contribution < 1.29 is 36.2 Å². The van der Waals surface area contributed by atoms with Gasteiger partial charge in [-0.05, 0) is 13.8 Å². The van der Waals surface area contributed by atoms with Gasteiger partial charge in [-0.2, -0.15) is 22.0 Å². The van der Waals surface area contributed by atoms with E-state index in [2.05, 4.69) is 9.47 Å². The van der Waals surface area contributed by atoms with E-state index in [9.17, 15) is 26.7 Å². The molecule has 90 valence electrons. The number of hydrogen-bond donors (Lipinski definition) is 0. The molecule has 0 aromatic heterocycles. The fourth-order valence-corrected chi connectivity index (χ4v) is 0.597. The third kappa shape index (κ3) is 3.98. The van der Waals surface area contributed by atoms with Gasteiger partial charge in [0.05, 0.1) is 6.61 Å². The molecule has 0 aliphatic rings. The van der Waals surface area contributed by atoms with Crippen LogP contribution in [0.5, 0.6) is 0 Å². The third-order valence-corrected chi connectivity index (χ3v) is 1.27. The van der Waals surface area contributed by atoms with Crippen LogP contribution >= 0.6 is 0 Å². The molecule has 15 heavy (non-hydrogen) atoms. The summed E-state index contributed by atoms with van der Waals surface area (Å²) in [6.45, 7) is 1.99. The number of carbonyl (C=O) groups is 1. The molecule has 1 unspecified atom stereocenters. The Labute approximate surface area is 82.1 Å². The lowest BCUT2D eigenvalue weighted by molar-refractivity contribution is -0.398. The molecule has 0 N–H and O–H groups in total. The second-order valence-corrected chi connectivity index (χ2v) is 2.53. The van der Waals surface area contributed by atoms with Gasteiger partial charge in [0.25, 0.3) is 0 Å². The lowest BCUT2D eigenvalue weighted by Crippen LogP contribution is -2.43. The van der Waals surface area contributed by atoms with Crippen LogP contribution in [-0.4, -0.2) is 31.0 Å². The number of rotatable bonds is 4. The van der Waals surface area contributed by atoms with Crippen molar-refractivity contribution in [3.8, 4) is 0 Å². The van der Waals surface area contributed by atoms with Crippen molar-refractivity contribution in [2.75, 3.05) is 6.61 Å². The first-order valence-electron chi connectivity index (χ1n) is 3.90. The van der Waals surface area contributed by atoms with Crippen LogP contribution < -0.4 is 0 Å². The molecule has 1 atom stereocenters. The predicted octanol–water partition coefficient (Wildman–Crippen LogP) is 2.11. The second kappa shape index (κ2) is 4.73. The summed E-state index contributed by atoms with van der Waals surface area (Å²) in [6, 6.07) is 0. The van der Waals surface area contributed by atoms with E-state index in [0.717, 1.165) is 6.92 Å². The lowest BCUT2D eigenvalue weighted by Gasteiger charge is -2.22. The van der Waals surface area contributed by atoms with Crippen LogP contribution in [0, 0.1) is 0 Å².